The Morgan fingerprint density at radius 1 is 1.19 bits per heavy atom. The van der Waals surface area contributed by atoms with Gasteiger partial charge in [0.1, 0.15) is 11.9 Å². The van der Waals surface area contributed by atoms with E-state index in [0.29, 0.717) is 30.1 Å². The van der Waals surface area contributed by atoms with E-state index in [2.05, 4.69) is 25.2 Å². The first kappa shape index (κ1) is 19.0. The minimum absolute atomic E-state index is 0.0136. The molecule has 0 radical (unpaired) electrons. The van der Waals surface area contributed by atoms with Gasteiger partial charge in [0.25, 0.3) is 0 Å². The molecular formula is C23H35NO3. The van der Waals surface area contributed by atoms with Crippen LogP contribution < -0.4 is 5.32 Å². The minimum Gasteiger partial charge on any atom is -0.446 e. The molecule has 3 fully saturated rings. The maximum atomic E-state index is 12.5. The number of amides is 1. The van der Waals surface area contributed by atoms with E-state index in [0.717, 1.165) is 51.4 Å². The lowest BCUT2D eigenvalue weighted by molar-refractivity contribution is -0.132. The zero-order chi connectivity index (χ0) is 19.2. The molecule has 0 aromatic carbocycles. The fraction of sp³-hybridized carbons (Fsp3) is 0.826. The highest BCUT2D eigenvalue weighted by Gasteiger charge is 2.58. The standard InChI is InChI=1S/C23H35NO3/c1-4-13-24-21(26)27-16-9-11-22(2)15(14-16)5-6-17-18-7-8-20(25)23(18,3)12-10-19(17)22/h5,16-19H,4,6-14H2,1-3H3,(H,24,26)/t16-,17?,18?,19?,22-,23-/m0/s1. The van der Waals surface area contributed by atoms with Gasteiger partial charge < -0.3 is 10.1 Å². The third-order valence-electron chi connectivity index (χ3n) is 8.56. The predicted molar refractivity (Wildman–Crippen MR) is 105 cm³/mol. The van der Waals surface area contributed by atoms with E-state index >= 15 is 0 Å². The van der Waals surface area contributed by atoms with Crippen molar-refractivity contribution in [2.24, 2.45) is 28.6 Å². The van der Waals surface area contributed by atoms with Crippen LogP contribution in [-0.4, -0.2) is 24.5 Å². The number of nitrogens with one attached hydrogen (secondary N) is 1. The molecule has 0 saturated heterocycles. The molecule has 3 unspecified atom stereocenters. The van der Waals surface area contributed by atoms with Crippen LogP contribution in [0.1, 0.15) is 78.6 Å². The molecular weight excluding hydrogens is 338 g/mol. The molecule has 4 nitrogen and oxygen atoms in total. The van der Waals surface area contributed by atoms with Crippen LogP contribution in [0, 0.1) is 28.6 Å². The smallest absolute Gasteiger partial charge is 0.407 e. The Labute approximate surface area is 163 Å². The Hall–Kier alpha value is -1.32. The monoisotopic (exact) mass is 373 g/mol. The van der Waals surface area contributed by atoms with Crippen molar-refractivity contribution in [2.75, 3.05) is 6.54 Å². The number of carbonyl (C=O) groups is 2. The minimum atomic E-state index is -0.266. The van der Waals surface area contributed by atoms with E-state index in [-0.39, 0.29) is 23.0 Å². The maximum absolute atomic E-state index is 12.5. The highest BCUT2D eigenvalue weighted by molar-refractivity contribution is 5.87. The lowest BCUT2D eigenvalue weighted by Crippen LogP contribution is -2.50. The molecule has 27 heavy (non-hydrogen) atoms. The summed E-state index contributed by atoms with van der Waals surface area (Å²) in [6, 6.07) is 0. The van der Waals surface area contributed by atoms with Gasteiger partial charge in [-0.15, -0.1) is 0 Å². The van der Waals surface area contributed by atoms with E-state index in [1.165, 1.54) is 12.0 Å². The van der Waals surface area contributed by atoms with Gasteiger partial charge in [0.15, 0.2) is 0 Å². The predicted octanol–water partition coefficient (Wildman–Crippen LogP) is 5.02. The third kappa shape index (κ3) is 3.03. The molecule has 0 aromatic rings. The van der Waals surface area contributed by atoms with Crippen molar-refractivity contribution in [1.82, 2.24) is 5.32 Å². The quantitative estimate of drug-likeness (QED) is 0.707. The summed E-state index contributed by atoms with van der Waals surface area (Å²) in [6.07, 6.45) is 11.3. The zero-order valence-electron chi connectivity index (χ0n) is 17.2. The number of rotatable bonds is 3. The topological polar surface area (TPSA) is 55.4 Å². The van der Waals surface area contributed by atoms with Crippen molar-refractivity contribution in [3.63, 3.8) is 0 Å². The molecule has 1 amide bonds. The van der Waals surface area contributed by atoms with Crippen molar-refractivity contribution in [2.45, 2.75) is 84.7 Å². The van der Waals surface area contributed by atoms with E-state index < -0.39 is 0 Å². The largest absolute Gasteiger partial charge is 0.446 e. The van der Waals surface area contributed by atoms with Gasteiger partial charge in [-0.25, -0.2) is 4.79 Å². The molecule has 6 atom stereocenters. The van der Waals surface area contributed by atoms with Crippen molar-refractivity contribution >= 4 is 11.9 Å². The van der Waals surface area contributed by atoms with Crippen LogP contribution in [0.25, 0.3) is 0 Å². The van der Waals surface area contributed by atoms with Crippen LogP contribution in [0.4, 0.5) is 4.79 Å². The number of ether oxygens (including phenoxy) is 1. The first-order chi connectivity index (χ1) is 12.9. The van der Waals surface area contributed by atoms with Gasteiger partial charge in [-0.2, -0.15) is 0 Å². The summed E-state index contributed by atoms with van der Waals surface area (Å²) in [6.45, 7) is 7.41. The van der Waals surface area contributed by atoms with E-state index in [1.54, 1.807) is 0 Å². The molecule has 0 heterocycles. The Bertz CT molecular complexity index is 656. The summed E-state index contributed by atoms with van der Waals surface area (Å²) >= 11 is 0. The summed E-state index contributed by atoms with van der Waals surface area (Å²) in [5.74, 6) is 2.44. The molecule has 150 valence electrons. The van der Waals surface area contributed by atoms with Crippen LogP contribution in [0.2, 0.25) is 0 Å². The SMILES string of the molecule is CCCNC(=O)O[C@H]1CC[C@@]2(C)C(=CCC3C2CC[C@]2(C)C(=O)CCC32)C1. The summed E-state index contributed by atoms with van der Waals surface area (Å²) in [4.78, 5) is 24.5. The number of hydrogen-bond donors (Lipinski definition) is 1. The van der Waals surface area contributed by atoms with Crippen molar-refractivity contribution in [3.05, 3.63) is 11.6 Å². The van der Waals surface area contributed by atoms with Gasteiger partial charge in [-0.1, -0.05) is 32.4 Å². The lowest BCUT2D eigenvalue weighted by atomic mass is 9.48. The van der Waals surface area contributed by atoms with Crippen molar-refractivity contribution in [3.8, 4) is 0 Å². The van der Waals surface area contributed by atoms with Crippen molar-refractivity contribution < 1.29 is 14.3 Å². The molecule has 3 saturated carbocycles. The number of fused-ring (bicyclic) bond motifs is 5. The summed E-state index contributed by atoms with van der Waals surface area (Å²) in [5.41, 5.74) is 1.69. The molecule has 0 aromatic heterocycles. The Balaban J connectivity index is 1.48. The summed E-state index contributed by atoms with van der Waals surface area (Å²) < 4.78 is 5.69. The second kappa shape index (κ2) is 6.93. The Morgan fingerprint density at radius 2 is 1.93 bits per heavy atom. The molecule has 4 rings (SSSR count). The van der Waals surface area contributed by atoms with Crippen molar-refractivity contribution in [1.29, 1.82) is 0 Å². The highest BCUT2D eigenvalue weighted by Crippen LogP contribution is 2.64. The summed E-state index contributed by atoms with van der Waals surface area (Å²) in [7, 11) is 0. The molecule has 4 heteroatoms. The Morgan fingerprint density at radius 3 is 2.70 bits per heavy atom. The Kier molecular flexibility index (Phi) is 4.88. The number of alkyl carbamates (subject to hydrolysis) is 1. The van der Waals surface area contributed by atoms with Gasteiger partial charge in [-0.05, 0) is 68.1 Å². The second-order valence-corrected chi connectivity index (χ2v) is 9.87. The van der Waals surface area contributed by atoms with E-state index in [9.17, 15) is 9.59 Å². The van der Waals surface area contributed by atoms with Crippen LogP contribution >= 0.6 is 0 Å². The van der Waals surface area contributed by atoms with Gasteiger partial charge in [0.05, 0.1) is 0 Å². The molecule has 0 spiro atoms. The number of ketones is 1. The van der Waals surface area contributed by atoms with Crippen LogP contribution in [0.15, 0.2) is 11.6 Å². The highest BCUT2D eigenvalue weighted by atomic mass is 16.6. The van der Waals surface area contributed by atoms with Gasteiger partial charge >= 0.3 is 6.09 Å². The fourth-order valence-electron chi connectivity index (χ4n) is 6.92. The summed E-state index contributed by atoms with van der Waals surface area (Å²) in [5, 5.41) is 2.83. The molecule has 4 aliphatic rings. The lowest BCUT2D eigenvalue weighted by Gasteiger charge is -2.56. The van der Waals surface area contributed by atoms with E-state index in [4.69, 9.17) is 4.74 Å². The fourth-order valence-corrected chi connectivity index (χ4v) is 6.92. The zero-order valence-corrected chi connectivity index (χ0v) is 17.2. The van der Waals surface area contributed by atoms with Gasteiger partial charge in [0, 0.05) is 24.8 Å². The number of carbonyl (C=O) groups excluding carboxylic acids is 2. The maximum Gasteiger partial charge on any atom is 0.407 e. The first-order valence-electron chi connectivity index (χ1n) is 11.1. The average molecular weight is 374 g/mol. The van der Waals surface area contributed by atoms with Crippen LogP contribution in [0.5, 0.6) is 0 Å². The van der Waals surface area contributed by atoms with Gasteiger partial charge in [-0.3, -0.25) is 4.79 Å². The first-order valence-corrected chi connectivity index (χ1v) is 11.1. The second-order valence-electron chi connectivity index (χ2n) is 9.87. The molecule has 1 N–H and O–H groups in total. The number of allylic oxidation sites excluding steroid dienone is 1. The van der Waals surface area contributed by atoms with Crippen LogP contribution in [-0.2, 0) is 9.53 Å². The average Bonchev–Trinajstić information content (AvgIpc) is 2.95. The number of hydrogen-bond acceptors (Lipinski definition) is 3. The van der Waals surface area contributed by atoms with E-state index in [1.807, 2.05) is 6.92 Å². The molecule has 0 aliphatic heterocycles. The molecule has 4 aliphatic carbocycles. The number of Topliss-reactive ketones (excluding diaryl/α,β-unsaturated/α-hetero) is 1. The normalized spacial score (nSPS) is 43.2. The van der Waals surface area contributed by atoms with Crippen LogP contribution in [0.3, 0.4) is 0 Å². The van der Waals surface area contributed by atoms with Gasteiger partial charge in [0.2, 0.25) is 0 Å². The molecule has 0 bridgehead atoms. The third-order valence-corrected chi connectivity index (χ3v) is 8.56.